The molecule has 6 nitrogen and oxygen atoms in total. The van der Waals surface area contributed by atoms with Crippen LogP contribution in [0.25, 0.3) is 0 Å². The normalized spacial score (nSPS) is 25.0. The van der Waals surface area contributed by atoms with Gasteiger partial charge < -0.3 is 20.1 Å². The number of nitrogens with zero attached hydrogens (tertiary/aromatic N) is 2. The maximum Gasteiger partial charge on any atom is 0.389 e. The van der Waals surface area contributed by atoms with Gasteiger partial charge in [-0.3, -0.25) is 4.68 Å². The molecule has 1 fully saturated rings. The Bertz CT molecular complexity index is 715. The smallest absolute Gasteiger partial charge is 0.381 e. The van der Waals surface area contributed by atoms with Crippen molar-refractivity contribution in [2.24, 2.45) is 5.41 Å². The molecule has 1 aliphatic heterocycles. The van der Waals surface area contributed by atoms with Crippen LogP contribution in [0.3, 0.4) is 0 Å². The van der Waals surface area contributed by atoms with E-state index < -0.39 is 12.6 Å². The van der Waals surface area contributed by atoms with Crippen molar-refractivity contribution in [2.45, 2.75) is 83.2 Å². The van der Waals surface area contributed by atoms with Crippen LogP contribution in [-0.4, -0.2) is 62.5 Å². The number of rotatable bonds is 11. The molecule has 0 radical (unpaired) electrons. The van der Waals surface area contributed by atoms with E-state index in [1.54, 1.807) is 0 Å². The molecule has 1 aromatic rings. The maximum absolute atomic E-state index is 13.0. The molecule has 184 valence electrons. The molecule has 2 N–H and O–H groups in total. The second-order valence-corrected chi connectivity index (χ2v) is 9.36. The Morgan fingerprint density at radius 2 is 2.03 bits per heavy atom. The van der Waals surface area contributed by atoms with Crippen LogP contribution in [-0.2, 0) is 29.0 Å². The maximum atomic E-state index is 13.0. The molecule has 1 atom stereocenters. The van der Waals surface area contributed by atoms with Gasteiger partial charge in [-0.25, -0.2) is 0 Å². The number of aromatic nitrogens is 2. The van der Waals surface area contributed by atoms with E-state index in [4.69, 9.17) is 14.6 Å². The lowest BCUT2D eigenvalue weighted by Crippen LogP contribution is -2.37. The third-order valence-corrected chi connectivity index (χ3v) is 7.17. The zero-order valence-corrected chi connectivity index (χ0v) is 19.7. The van der Waals surface area contributed by atoms with Crippen molar-refractivity contribution in [1.82, 2.24) is 20.4 Å². The van der Waals surface area contributed by atoms with Gasteiger partial charge in [-0.2, -0.15) is 18.3 Å². The van der Waals surface area contributed by atoms with Crippen LogP contribution in [0.2, 0.25) is 0 Å². The molecule has 1 aliphatic carbocycles. The first-order valence-electron chi connectivity index (χ1n) is 11.9. The summed E-state index contributed by atoms with van der Waals surface area (Å²) < 4.78 is 52.5. The molecule has 1 unspecified atom stereocenters. The van der Waals surface area contributed by atoms with Gasteiger partial charge in [0.2, 0.25) is 0 Å². The monoisotopic (exact) mass is 460 g/mol. The number of alkyl halides is 3. The van der Waals surface area contributed by atoms with Crippen molar-refractivity contribution < 1.29 is 22.6 Å². The standard InChI is InChI=1S/C23H39F3N4O2/c1-4-31-16-22(9-10-23(24,25)26)7-5-17(6-8-22)21-19(13-18(28-3)14-27-2)29-30-11-12-32-15-20(21)30/h17-18,27-28H,4-16H2,1-3H3. The summed E-state index contributed by atoms with van der Waals surface area (Å²) >= 11 is 0. The van der Waals surface area contributed by atoms with Crippen LogP contribution in [0.15, 0.2) is 0 Å². The Labute approximate surface area is 189 Å². The number of nitrogens with one attached hydrogen (secondary N) is 2. The first-order chi connectivity index (χ1) is 15.3. The summed E-state index contributed by atoms with van der Waals surface area (Å²) in [6.45, 7) is 5.68. The van der Waals surface area contributed by atoms with E-state index in [2.05, 4.69) is 15.3 Å². The molecule has 2 aliphatic rings. The Balaban J connectivity index is 1.78. The molecule has 2 heterocycles. The minimum atomic E-state index is -4.12. The lowest BCUT2D eigenvalue weighted by molar-refractivity contribution is -0.145. The summed E-state index contributed by atoms with van der Waals surface area (Å²) in [6, 6.07) is 0.268. The van der Waals surface area contributed by atoms with Gasteiger partial charge in [0.25, 0.3) is 0 Å². The van der Waals surface area contributed by atoms with Crippen molar-refractivity contribution in [3.63, 3.8) is 0 Å². The minimum absolute atomic E-state index is 0.148. The predicted octanol–water partition coefficient (Wildman–Crippen LogP) is 3.79. The zero-order valence-electron chi connectivity index (χ0n) is 19.7. The lowest BCUT2D eigenvalue weighted by atomic mass is 9.66. The largest absolute Gasteiger partial charge is 0.389 e. The molecule has 0 amide bonds. The second kappa shape index (κ2) is 11.3. The van der Waals surface area contributed by atoms with Crippen molar-refractivity contribution in [3.05, 3.63) is 17.0 Å². The van der Waals surface area contributed by atoms with Crippen LogP contribution in [0.4, 0.5) is 13.2 Å². The summed E-state index contributed by atoms with van der Waals surface area (Å²) in [5, 5.41) is 11.5. The van der Waals surface area contributed by atoms with Gasteiger partial charge in [-0.15, -0.1) is 0 Å². The third-order valence-electron chi connectivity index (χ3n) is 7.17. The van der Waals surface area contributed by atoms with Gasteiger partial charge in [-0.1, -0.05) is 0 Å². The molecule has 1 saturated carbocycles. The summed E-state index contributed by atoms with van der Waals surface area (Å²) in [5.74, 6) is 0.309. The number of ether oxygens (including phenoxy) is 2. The zero-order chi connectivity index (χ0) is 23.2. The van der Waals surface area contributed by atoms with Crippen LogP contribution >= 0.6 is 0 Å². The molecule has 0 bridgehead atoms. The Morgan fingerprint density at radius 1 is 1.28 bits per heavy atom. The molecule has 0 spiro atoms. The Morgan fingerprint density at radius 3 is 2.66 bits per heavy atom. The molecule has 0 aromatic carbocycles. The van der Waals surface area contributed by atoms with E-state index in [1.807, 2.05) is 21.0 Å². The molecule has 32 heavy (non-hydrogen) atoms. The van der Waals surface area contributed by atoms with Crippen molar-refractivity contribution in [1.29, 1.82) is 0 Å². The van der Waals surface area contributed by atoms with E-state index in [-0.39, 0.29) is 17.9 Å². The SMILES string of the molecule is CCOCC1(CCC(F)(F)F)CCC(c2c(CC(CNC)NC)nn3c2COCC3)CC1. The fourth-order valence-corrected chi connectivity index (χ4v) is 5.31. The van der Waals surface area contributed by atoms with Crippen LogP contribution in [0, 0.1) is 5.41 Å². The number of likely N-dealkylation sites (N-methyl/N-ethyl adjacent to an activating group) is 2. The fraction of sp³-hybridized carbons (Fsp3) is 0.870. The first kappa shape index (κ1) is 25.5. The van der Waals surface area contributed by atoms with Crippen molar-refractivity contribution >= 4 is 0 Å². The summed E-state index contributed by atoms with van der Waals surface area (Å²) in [6.07, 6.45) is -0.645. The summed E-state index contributed by atoms with van der Waals surface area (Å²) in [4.78, 5) is 0. The first-order valence-corrected chi connectivity index (χ1v) is 11.9. The molecular formula is C23H39F3N4O2. The quantitative estimate of drug-likeness (QED) is 0.526. The van der Waals surface area contributed by atoms with E-state index in [0.29, 0.717) is 32.3 Å². The number of fused-ring (bicyclic) bond motifs is 1. The summed E-state index contributed by atoms with van der Waals surface area (Å²) in [5.41, 5.74) is 3.16. The average Bonchev–Trinajstić information content (AvgIpc) is 3.14. The van der Waals surface area contributed by atoms with E-state index >= 15 is 0 Å². The van der Waals surface area contributed by atoms with Crippen LogP contribution in [0.5, 0.6) is 0 Å². The van der Waals surface area contributed by atoms with Gasteiger partial charge in [0.1, 0.15) is 0 Å². The highest BCUT2D eigenvalue weighted by Crippen LogP contribution is 2.48. The minimum Gasteiger partial charge on any atom is -0.381 e. The van der Waals surface area contributed by atoms with E-state index in [1.165, 1.54) is 5.56 Å². The molecule has 0 saturated heterocycles. The van der Waals surface area contributed by atoms with Gasteiger partial charge >= 0.3 is 6.18 Å². The molecular weight excluding hydrogens is 421 g/mol. The third kappa shape index (κ3) is 6.46. The molecule has 9 heteroatoms. The van der Waals surface area contributed by atoms with Crippen LogP contribution < -0.4 is 10.6 Å². The molecule has 3 rings (SSSR count). The summed E-state index contributed by atoms with van der Waals surface area (Å²) in [7, 11) is 3.90. The lowest BCUT2D eigenvalue weighted by Gasteiger charge is -2.41. The van der Waals surface area contributed by atoms with Gasteiger partial charge in [0, 0.05) is 37.6 Å². The second-order valence-electron chi connectivity index (χ2n) is 9.36. The van der Waals surface area contributed by atoms with Crippen molar-refractivity contribution in [3.8, 4) is 0 Å². The highest BCUT2D eigenvalue weighted by atomic mass is 19.4. The van der Waals surface area contributed by atoms with Gasteiger partial charge in [0.15, 0.2) is 0 Å². The Hall–Kier alpha value is -1.16. The molecule has 1 aromatic heterocycles. The average molecular weight is 461 g/mol. The van der Waals surface area contributed by atoms with E-state index in [0.717, 1.165) is 56.6 Å². The highest BCUT2D eigenvalue weighted by molar-refractivity contribution is 5.32. The number of hydrogen-bond acceptors (Lipinski definition) is 5. The predicted molar refractivity (Wildman–Crippen MR) is 118 cm³/mol. The van der Waals surface area contributed by atoms with E-state index in [9.17, 15) is 13.2 Å². The van der Waals surface area contributed by atoms with Gasteiger partial charge in [-0.05, 0) is 64.5 Å². The van der Waals surface area contributed by atoms with Gasteiger partial charge in [0.05, 0.1) is 37.8 Å². The van der Waals surface area contributed by atoms with Crippen molar-refractivity contribution in [2.75, 3.05) is 40.5 Å². The number of hydrogen-bond donors (Lipinski definition) is 2. The Kier molecular flexibility index (Phi) is 9.00. The topological polar surface area (TPSA) is 60.3 Å². The van der Waals surface area contributed by atoms with Crippen LogP contribution in [0.1, 0.15) is 68.3 Å². The fourth-order valence-electron chi connectivity index (χ4n) is 5.31. The number of halogens is 3. The highest BCUT2D eigenvalue weighted by Gasteiger charge is 2.41.